The quantitative estimate of drug-likeness (QED) is 0.915. The van der Waals surface area contributed by atoms with E-state index in [9.17, 15) is 9.59 Å². The minimum Gasteiger partial charge on any atom is -0.354 e. The van der Waals surface area contributed by atoms with Crippen LogP contribution in [0.3, 0.4) is 0 Å². The lowest BCUT2D eigenvalue weighted by Crippen LogP contribution is -2.41. The summed E-state index contributed by atoms with van der Waals surface area (Å²) in [5.41, 5.74) is 0.562. The van der Waals surface area contributed by atoms with Crippen LogP contribution in [0.5, 0.6) is 0 Å². The molecule has 0 bridgehead atoms. The van der Waals surface area contributed by atoms with Gasteiger partial charge in [-0.1, -0.05) is 0 Å². The molecule has 0 spiro atoms. The maximum absolute atomic E-state index is 12.4. The second-order valence-electron chi connectivity index (χ2n) is 5.67. The standard InChI is InChI=1S/C16H19N5O2/c1-20-15(22)7-6-14(19-20)21-9-3-4-12(11-21)16(23)18-13-5-2-8-17-10-13/h2,5-8,10,12H,3-4,9,11H2,1H3,(H,18,23). The lowest BCUT2D eigenvalue weighted by atomic mass is 9.97. The van der Waals surface area contributed by atoms with E-state index in [0.717, 1.165) is 25.2 Å². The third-order valence-electron chi connectivity index (χ3n) is 3.99. The van der Waals surface area contributed by atoms with E-state index in [2.05, 4.69) is 20.3 Å². The monoisotopic (exact) mass is 313 g/mol. The molecule has 0 aliphatic carbocycles. The molecular formula is C16H19N5O2. The number of aryl methyl sites for hydroxylation is 1. The molecule has 1 saturated heterocycles. The van der Waals surface area contributed by atoms with E-state index >= 15 is 0 Å². The van der Waals surface area contributed by atoms with Gasteiger partial charge in [0.25, 0.3) is 5.56 Å². The van der Waals surface area contributed by atoms with Crippen molar-refractivity contribution in [2.45, 2.75) is 12.8 Å². The molecule has 1 amide bonds. The summed E-state index contributed by atoms with van der Waals surface area (Å²) in [5.74, 6) is 0.612. The van der Waals surface area contributed by atoms with Gasteiger partial charge in [0.15, 0.2) is 0 Å². The highest BCUT2D eigenvalue weighted by atomic mass is 16.2. The van der Waals surface area contributed by atoms with Crippen molar-refractivity contribution in [2.75, 3.05) is 23.3 Å². The lowest BCUT2D eigenvalue weighted by Gasteiger charge is -2.32. The SMILES string of the molecule is Cn1nc(N2CCCC(C(=O)Nc3cccnc3)C2)ccc1=O. The van der Waals surface area contributed by atoms with Crippen molar-refractivity contribution in [1.29, 1.82) is 0 Å². The molecule has 1 fully saturated rings. The second-order valence-corrected chi connectivity index (χ2v) is 5.67. The van der Waals surface area contributed by atoms with Gasteiger partial charge in [-0.05, 0) is 31.0 Å². The molecule has 2 aromatic heterocycles. The number of carbonyl (C=O) groups excluding carboxylic acids is 1. The molecule has 1 unspecified atom stereocenters. The van der Waals surface area contributed by atoms with E-state index in [4.69, 9.17) is 0 Å². The normalized spacial score (nSPS) is 17.8. The van der Waals surface area contributed by atoms with Gasteiger partial charge in [0.2, 0.25) is 5.91 Å². The summed E-state index contributed by atoms with van der Waals surface area (Å²) >= 11 is 0. The van der Waals surface area contributed by atoms with E-state index < -0.39 is 0 Å². The number of amides is 1. The smallest absolute Gasteiger partial charge is 0.266 e. The van der Waals surface area contributed by atoms with Gasteiger partial charge in [-0.15, -0.1) is 0 Å². The van der Waals surface area contributed by atoms with Crippen LogP contribution in [0.2, 0.25) is 0 Å². The van der Waals surface area contributed by atoms with E-state index in [0.29, 0.717) is 12.2 Å². The maximum atomic E-state index is 12.4. The zero-order valence-corrected chi connectivity index (χ0v) is 13.0. The summed E-state index contributed by atoms with van der Waals surface area (Å²) in [6.07, 6.45) is 5.06. The molecule has 1 atom stereocenters. The van der Waals surface area contributed by atoms with E-state index in [-0.39, 0.29) is 17.4 Å². The average Bonchev–Trinajstić information content (AvgIpc) is 2.58. The van der Waals surface area contributed by atoms with Crippen LogP contribution in [-0.4, -0.2) is 33.8 Å². The fraction of sp³-hybridized carbons (Fsp3) is 0.375. The Balaban J connectivity index is 1.69. The van der Waals surface area contributed by atoms with Crippen molar-refractivity contribution in [1.82, 2.24) is 14.8 Å². The van der Waals surface area contributed by atoms with Crippen molar-refractivity contribution in [2.24, 2.45) is 13.0 Å². The van der Waals surface area contributed by atoms with E-state index in [1.807, 2.05) is 6.07 Å². The number of carbonyl (C=O) groups is 1. The first-order valence-electron chi connectivity index (χ1n) is 7.64. The minimum absolute atomic E-state index is 0.00693. The topological polar surface area (TPSA) is 80.1 Å². The van der Waals surface area contributed by atoms with Gasteiger partial charge in [0, 0.05) is 32.4 Å². The van der Waals surface area contributed by atoms with Crippen LogP contribution in [0.25, 0.3) is 0 Å². The zero-order valence-electron chi connectivity index (χ0n) is 13.0. The number of anilines is 2. The summed E-state index contributed by atoms with van der Waals surface area (Å²) < 4.78 is 1.31. The summed E-state index contributed by atoms with van der Waals surface area (Å²) in [6.45, 7) is 1.43. The van der Waals surface area contributed by atoms with Gasteiger partial charge in [0.05, 0.1) is 17.8 Å². The lowest BCUT2D eigenvalue weighted by molar-refractivity contribution is -0.120. The first kappa shape index (κ1) is 15.2. The van der Waals surface area contributed by atoms with Crippen molar-refractivity contribution in [3.8, 4) is 0 Å². The molecular weight excluding hydrogens is 294 g/mol. The molecule has 120 valence electrons. The van der Waals surface area contributed by atoms with Crippen LogP contribution < -0.4 is 15.8 Å². The Morgan fingerprint density at radius 1 is 1.35 bits per heavy atom. The predicted molar refractivity (Wildman–Crippen MR) is 87.3 cm³/mol. The Kier molecular flexibility index (Phi) is 4.36. The van der Waals surface area contributed by atoms with Crippen LogP contribution in [0.1, 0.15) is 12.8 Å². The number of aromatic nitrogens is 3. The number of piperidine rings is 1. The van der Waals surface area contributed by atoms with Crippen LogP contribution in [0.4, 0.5) is 11.5 Å². The second kappa shape index (κ2) is 6.60. The first-order valence-corrected chi connectivity index (χ1v) is 7.64. The van der Waals surface area contributed by atoms with Crippen molar-refractivity contribution < 1.29 is 4.79 Å². The number of hydrogen-bond donors (Lipinski definition) is 1. The van der Waals surface area contributed by atoms with Gasteiger partial charge in [0.1, 0.15) is 5.82 Å². The molecule has 1 aliphatic rings. The Bertz CT molecular complexity index is 744. The maximum Gasteiger partial charge on any atom is 0.266 e. The molecule has 0 aromatic carbocycles. The fourth-order valence-electron chi connectivity index (χ4n) is 2.74. The number of rotatable bonds is 3. The van der Waals surface area contributed by atoms with Gasteiger partial charge < -0.3 is 10.2 Å². The highest BCUT2D eigenvalue weighted by molar-refractivity contribution is 5.92. The molecule has 1 N–H and O–H groups in total. The summed E-state index contributed by atoms with van der Waals surface area (Å²) in [7, 11) is 1.63. The molecule has 0 radical (unpaired) electrons. The van der Waals surface area contributed by atoms with Gasteiger partial charge >= 0.3 is 0 Å². The number of pyridine rings is 1. The van der Waals surface area contributed by atoms with Crippen LogP contribution >= 0.6 is 0 Å². The Morgan fingerprint density at radius 3 is 2.96 bits per heavy atom. The summed E-state index contributed by atoms with van der Waals surface area (Å²) in [6, 6.07) is 6.82. The predicted octanol–water partition coefficient (Wildman–Crippen LogP) is 1.03. The first-order chi connectivity index (χ1) is 11.1. The molecule has 7 heteroatoms. The Hall–Kier alpha value is -2.70. The van der Waals surface area contributed by atoms with Crippen molar-refractivity contribution >= 4 is 17.4 Å². The summed E-state index contributed by atoms with van der Waals surface area (Å²) in [4.78, 5) is 29.9. The fourth-order valence-corrected chi connectivity index (χ4v) is 2.74. The third kappa shape index (κ3) is 3.56. The molecule has 23 heavy (non-hydrogen) atoms. The van der Waals surface area contributed by atoms with E-state index in [1.165, 1.54) is 10.7 Å². The minimum atomic E-state index is -0.142. The Morgan fingerprint density at radius 2 is 2.22 bits per heavy atom. The van der Waals surface area contributed by atoms with Crippen LogP contribution in [0.15, 0.2) is 41.5 Å². The molecule has 7 nitrogen and oxygen atoms in total. The third-order valence-corrected chi connectivity index (χ3v) is 3.99. The molecule has 0 saturated carbocycles. The highest BCUT2D eigenvalue weighted by Gasteiger charge is 2.26. The zero-order chi connectivity index (χ0) is 16.2. The van der Waals surface area contributed by atoms with Crippen LogP contribution in [-0.2, 0) is 11.8 Å². The van der Waals surface area contributed by atoms with Crippen molar-refractivity contribution in [3.05, 3.63) is 47.0 Å². The molecule has 1 aliphatic heterocycles. The molecule has 3 heterocycles. The van der Waals surface area contributed by atoms with Crippen LogP contribution in [0, 0.1) is 5.92 Å². The van der Waals surface area contributed by atoms with Gasteiger partial charge in [-0.25, -0.2) is 4.68 Å². The number of nitrogens with one attached hydrogen (secondary N) is 1. The Labute approximate surface area is 134 Å². The molecule has 2 aromatic rings. The number of hydrogen-bond acceptors (Lipinski definition) is 5. The van der Waals surface area contributed by atoms with E-state index in [1.54, 1.807) is 31.6 Å². The van der Waals surface area contributed by atoms with Gasteiger partial charge in [-0.3, -0.25) is 14.6 Å². The summed E-state index contributed by atoms with van der Waals surface area (Å²) in [5, 5.41) is 7.16. The molecule has 3 rings (SSSR count). The van der Waals surface area contributed by atoms with Gasteiger partial charge in [-0.2, -0.15) is 5.10 Å². The largest absolute Gasteiger partial charge is 0.354 e. The van der Waals surface area contributed by atoms with Crippen molar-refractivity contribution in [3.63, 3.8) is 0 Å². The highest BCUT2D eigenvalue weighted by Crippen LogP contribution is 2.22. The average molecular weight is 313 g/mol. The number of nitrogens with zero attached hydrogens (tertiary/aromatic N) is 4.